The van der Waals surface area contributed by atoms with Crippen LogP contribution in [0.15, 0.2) is 42.1 Å². The highest BCUT2D eigenvalue weighted by Gasteiger charge is 2.11. The van der Waals surface area contributed by atoms with E-state index in [2.05, 4.69) is 14.8 Å². The molecule has 114 valence electrons. The van der Waals surface area contributed by atoms with Crippen molar-refractivity contribution in [1.29, 1.82) is 0 Å². The van der Waals surface area contributed by atoms with Crippen LogP contribution in [0, 0.1) is 0 Å². The lowest BCUT2D eigenvalue weighted by atomic mass is 10.1. The quantitative estimate of drug-likeness (QED) is 0.640. The normalized spacial score (nSPS) is 12.2. The van der Waals surface area contributed by atoms with E-state index in [1.807, 2.05) is 37.3 Å². The fourth-order valence-corrected chi connectivity index (χ4v) is 1.62. The predicted octanol–water partition coefficient (Wildman–Crippen LogP) is 2.18. The number of hydrogen-bond acceptors (Lipinski definition) is 6. The second-order valence-corrected chi connectivity index (χ2v) is 4.21. The van der Waals surface area contributed by atoms with Gasteiger partial charge in [-0.05, 0) is 12.5 Å². The van der Waals surface area contributed by atoms with Gasteiger partial charge < -0.3 is 19.5 Å². The first kappa shape index (κ1) is 16.6. The molecular weight excluding hydrogens is 274 g/mol. The number of methoxy groups -OCH3 is 2. The molecule has 0 amide bonds. The molecule has 1 rings (SSSR count). The number of esters is 1. The summed E-state index contributed by atoms with van der Waals surface area (Å²) in [5.74, 6) is -0.536. The first-order chi connectivity index (χ1) is 10.1. The summed E-state index contributed by atoms with van der Waals surface area (Å²) >= 11 is 0. The van der Waals surface area contributed by atoms with Gasteiger partial charge >= 0.3 is 12.1 Å². The van der Waals surface area contributed by atoms with Gasteiger partial charge in [0.15, 0.2) is 0 Å². The Bertz CT molecular complexity index is 498. The Morgan fingerprint density at radius 2 is 1.86 bits per heavy atom. The van der Waals surface area contributed by atoms with Crippen LogP contribution in [0.3, 0.4) is 0 Å². The van der Waals surface area contributed by atoms with Crippen molar-refractivity contribution in [2.75, 3.05) is 20.8 Å². The molecule has 0 unspecified atom stereocenters. The van der Waals surface area contributed by atoms with E-state index >= 15 is 0 Å². The standard InChI is InChI=1S/C15H19NO5/c1-11(12-7-5-4-6-8-12)16-13(9-14(17)19-2)10-21-15(18)20-3/h4-9,11,16H,10H2,1-3H3/b13-9+/t11-/m0/s1. The topological polar surface area (TPSA) is 73.9 Å². The Balaban J connectivity index is 2.74. The summed E-state index contributed by atoms with van der Waals surface area (Å²) in [6.45, 7) is 1.82. The Hall–Kier alpha value is -2.50. The van der Waals surface area contributed by atoms with Crippen molar-refractivity contribution in [1.82, 2.24) is 5.32 Å². The van der Waals surface area contributed by atoms with Crippen LogP contribution in [-0.4, -0.2) is 33.0 Å². The third-order valence-corrected chi connectivity index (χ3v) is 2.71. The fourth-order valence-electron chi connectivity index (χ4n) is 1.62. The minimum absolute atomic E-state index is 0.0663. The molecule has 0 fully saturated rings. The predicted molar refractivity (Wildman–Crippen MR) is 76.4 cm³/mol. The molecule has 0 saturated carbocycles. The molecule has 6 heteroatoms. The van der Waals surface area contributed by atoms with Gasteiger partial charge in [0, 0.05) is 12.1 Å². The second kappa shape index (κ2) is 8.63. The molecule has 1 atom stereocenters. The van der Waals surface area contributed by atoms with Crippen molar-refractivity contribution in [2.45, 2.75) is 13.0 Å². The third-order valence-electron chi connectivity index (χ3n) is 2.71. The highest BCUT2D eigenvalue weighted by molar-refractivity contribution is 5.82. The average Bonchev–Trinajstić information content (AvgIpc) is 2.52. The minimum Gasteiger partial charge on any atom is -0.466 e. The van der Waals surface area contributed by atoms with Gasteiger partial charge in [-0.3, -0.25) is 0 Å². The summed E-state index contributed by atoms with van der Waals surface area (Å²) in [6, 6.07) is 9.60. The van der Waals surface area contributed by atoms with E-state index < -0.39 is 12.1 Å². The summed E-state index contributed by atoms with van der Waals surface area (Å²) in [7, 11) is 2.49. The summed E-state index contributed by atoms with van der Waals surface area (Å²) < 4.78 is 13.8. The number of hydrogen-bond donors (Lipinski definition) is 1. The van der Waals surface area contributed by atoms with Crippen molar-refractivity contribution in [3.63, 3.8) is 0 Å². The van der Waals surface area contributed by atoms with E-state index in [0.717, 1.165) is 5.56 Å². The maximum atomic E-state index is 11.3. The van der Waals surface area contributed by atoms with Gasteiger partial charge in [-0.1, -0.05) is 30.3 Å². The molecule has 6 nitrogen and oxygen atoms in total. The Morgan fingerprint density at radius 3 is 2.43 bits per heavy atom. The fraction of sp³-hybridized carbons (Fsp3) is 0.333. The average molecular weight is 293 g/mol. The Labute approximate surface area is 123 Å². The summed E-state index contributed by atoms with van der Waals surface area (Å²) in [5.41, 5.74) is 1.45. The number of benzene rings is 1. The first-order valence-corrected chi connectivity index (χ1v) is 6.37. The molecule has 0 aliphatic carbocycles. The van der Waals surface area contributed by atoms with E-state index in [4.69, 9.17) is 4.74 Å². The second-order valence-electron chi connectivity index (χ2n) is 4.21. The van der Waals surface area contributed by atoms with Gasteiger partial charge in [0.25, 0.3) is 0 Å². The summed E-state index contributed by atoms with van der Waals surface area (Å²) in [4.78, 5) is 22.4. The van der Waals surface area contributed by atoms with Crippen LogP contribution in [0.2, 0.25) is 0 Å². The maximum absolute atomic E-state index is 11.3. The monoisotopic (exact) mass is 293 g/mol. The minimum atomic E-state index is -0.820. The number of carbonyl (C=O) groups is 2. The smallest absolute Gasteiger partial charge is 0.466 e. The van der Waals surface area contributed by atoms with E-state index in [0.29, 0.717) is 5.70 Å². The van der Waals surface area contributed by atoms with Gasteiger partial charge in [0.1, 0.15) is 6.61 Å². The van der Waals surface area contributed by atoms with Crippen molar-refractivity contribution < 1.29 is 23.8 Å². The zero-order valence-electron chi connectivity index (χ0n) is 12.3. The summed E-state index contributed by atoms with van der Waals surface area (Å²) in [5, 5.41) is 3.11. The Morgan fingerprint density at radius 1 is 1.19 bits per heavy atom. The highest BCUT2D eigenvalue weighted by atomic mass is 16.7. The van der Waals surface area contributed by atoms with Crippen LogP contribution in [0.5, 0.6) is 0 Å². The van der Waals surface area contributed by atoms with E-state index in [1.54, 1.807) is 0 Å². The molecular formula is C15H19NO5. The molecule has 0 bridgehead atoms. The van der Waals surface area contributed by atoms with Gasteiger partial charge in [-0.15, -0.1) is 0 Å². The summed E-state index contributed by atoms with van der Waals surface area (Å²) in [6.07, 6.45) is 0.419. The van der Waals surface area contributed by atoms with Crippen molar-refractivity contribution in [3.8, 4) is 0 Å². The zero-order valence-corrected chi connectivity index (χ0v) is 12.3. The SMILES string of the molecule is COC(=O)/C=C(\COC(=O)OC)N[C@@H](C)c1ccccc1. The van der Waals surface area contributed by atoms with Crippen LogP contribution in [0.4, 0.5) is 4.79 Å². The van der Waals surface area contributed by atoms with Gasteiger partial charge in [0.2, 0.25) is 0 Å². The molecule has 0 heterocycles. The van der Waals surface area contributed by atoms with Crippen LogP contribution in [-0.2, 0) is 19.0 Å². The lowest BCUT2D eigenvalue weighted by Crippen LogP contribution is -2.23. The lowest BCUT2D eigenvalue weighted by molar-refractivity contribution is -0.134. The van der Waals surface area contributed by atoms with Crippen LogP contribution >= 0.6 is 0 Å². The molecule has 0 aromatic heterocycles. The Kier molecular flexibility index (Phi) is 6.80. The van der Waals surface area contributed by atoms with E-state index in [1.165, 1.54) is 20.3 Å². The molecule has 0 aliphatic heterocycles. The zero-order chi connectivity index (χ0) is 15.7. The number of ether oxygens (including phenoxy) is 3. The van der Waals surface area contributed by atoms with Crippen molar-refractivity contribution in [3.05, 3.63) is 47.7 Å². The lowest BCUT2D eigenvalue weighted by Gasteiger charge is -2.18. The largest absolute Gasteiger partial charge is 0.508 e. The van der Waals surface area contributed by atoms with E-state index in [-0.39, 0.29) is 12.6 Å². The molecule has 0 spiro atoms. The number of rotatable bonds is 6. The van der Waals surface area contributed by atoms with Gasteiger partial charge in [-0.25, -0.2) is 9.59 Å². The first-order valence-electron chi connectivity index (χ1n) is 6.37. The molecule has 1 N–H and O–H groups in total. The van der Waals surface area contributed by atoms with E-state index in [9.17, 15) is 9.59 Å². The molecule has 1 aromatic carbocycles. The number of carbonyl (C=O) groups excluding carboxylic acids is 2. The van der Waals surface area contributed by atoms with Crippen molar-refractivity contribution in [2.24, 2.45) is 0 Å². The number of nitrogens with one attached hydrogen (secondary N) is 1. The third kappa shape index (κ3) is 5.99. The van der Waals surface area contributed by atoms with Crippen LogP contribution in [0.25, 0.3) is 0 Å². The van der Waals surface area contributed by atoms with Crippen LogP contribution in [0.1, 0.15) is 18.5 Å². The molecule has 0 radical (unpaired) electrons. The molecule has 0 aliphatic rings. The molecule has 0 saturated heterocycles. The van der Waals surface area contributed by atoms with Gasteiger partial charge in [0.05, 0.1) is 19.9 Å². The molecule has 1 aromatic rings. The maximum Gasteiger partial charge on any atom is 0.508 e. The van der Waals surface area contributed by atoms with Gasteiger partial charge in [-0.2, -0.15) is 0 Å². The van der Waals surface area contributed by atoms with Crippen LogP contribution < -0.4 is 5.32 Å². The molecule has 21 heavy (non-hydrogen) atoms. The highest BCUT2D eigenvalue weighted by Crippen LogP contribution is 2.13. The van der Waals surface area contributed by atoms with Crippen molar-refractivity contribution >= 4 is 12.1 Å².